The van der Waals surface area contributed by atoms with Gasteiger partial charge < -0.3 is 0 Å². The third-order valence-corrected chi connectivity index (χ3v) is 12.5. The predicted octanol–water partition coefficient (Wildman–Crippen LogP) is 5.28. The van der Waals surface area contributed by atoms with Crippen LogP contribution in [0.4, 0.5) is 0 Å². The fraction of sp³-hybridized carbons (Fsp3) is 0.846. The molecule has 0 amide bonds. The number of hydrogen-bond donors (Lipinski definition) is 0. The lowest BCUT2D eigenvalue weighted by Gasteiger charge is -2.39. The van der Waals surface area contributed by atoms with E-state index in [0.717, 1.165) is 10.1 Å². The summed E-state index contributed by atoms with van der Waals surface area (Å²) in [7, 11) is -1.13. The van der Waals surface area contributed by atoms with E-state index in [-0.39, 0.29) is 0 Å². The Kier molecular flexibility index (Phi) is 4.53. The second-order valence-corrected chi connectivity index (χ2v) is 13.9. The van der Waals surface area contributed by atoms with Crippen LogP contribution in [0, 0.1) is 0 Å². The molecule has 0 aromatic rings. The van der Waals surface area contributed by atoms with Crippen LogP contribution in [-0.4, -0.2) is 18.4 Å². The largest absolute Gasteiger partial charge is 0.143 e. The highest BCUT2D eigenvalue weighted by atomic mass is 32.2. The van der Waals surface area contributed by atoms with E-state index in [1.165, 1.54) is 37.9 Å². The summed E-state index contributed by atoms with van der Waals surface area (Å²) in [4.78, 5) is 0. The Labute approximate surface area is 110 Å². The Hall–Kier alpha value is 0.657. The van der Waals surface area contributed by atoms with Crippen LogP contribution in [-0.2, 0) is 0 Å². The molecule has 1 aliphatic heterocycles. The maximum atomic E-state index is 2.62. The summed E-state index contributed by atoms with van der Waals surface area (Å²) < 4.78 is 2.60. The highest BCUT2D eigenvalue weighted by Crippen LogP contribution is 2.47. The third-order valence-electron chi connectivity index (χ3n) is 4.15. The van der Waals surface area contributed by atoms with Gasteiger partial charge in [-0.15, -0.1) is 23.5 Å². The molecule has 16 heavy (non-hydrogen) atoms. The SMILES string of the molecule is CC1SCC=C([Si](C)(C)C2CCCCC2)S1. The molecule has 0 radical (unpaired) electrons. The smallest absolute Gasteiger partial charge is 0.0915 e. The topological polar surface area (TPSA) is 0 Å². The molecule has 0 aromatic heterocycles. The zero-order valence-electron chi connectivity index (χ0n) is 10.8. The fourth-order valence-corrected chi connectivity index (χ4v) is 10.5. The van der Waals surface area contributed by atoms with E-state index in [0.29, 0.717) is 0 Å². The lowest BCUT2D eigenvalue weighted by atomic mass is 10.0. The summed E-state index contributed by atoms with van der Waals surface area (Å²) in [5, 5.41) is 0. The molecule has 1 saturated carbocycles. The van der Waals surface area contributed by atoms with Crippen LogP contribution in [0.15, 0.2) is 10.6 Å². The molecule has 1 aliphatic carbocycles. The molecular weight excluding hydrogens is 248 g/mol. The average Bonchev–Trinajstić information content (AvgIpc) is 2.30. The van der Waals surface area contributed by atoms with Gasteiger partial charge >= 0.3 is 0 Å². The first-order valence-corrected chi connectivity index (χ1v) is 11.6. The predicted molar refractivity (Wildman–Crippen MR) is 81.9 cm³/mol. The second kappa shape index (κ2) is 5.53. The van der Waals surface area contributed by atoms with E-state index in [2.05, 4.69) is 49.6 Å². The molecule has 0 spiro atoms. The van der Waals surface area contributed by atoms with Gasteiger partial charge in [0, 0.05) is 5.75 Å². The fourth-order valence-electron chi connectivity index (χ4n) is 2.96. The van der Waals surface area contributed by atoms with Crippen molar-refractivity contribution >= 4 is 31.6 Å². The van der Waals surface area contributed by atoms with Gasteiger partial charge in [0.05, 0.1) is 12.7 Å². The molecule has 3 heteroatoms. The van der Waals surface area contributed by atoms with Crippen LogP contribution >= 0.6 is 23.5 Å². The molecule has 1 unspecified atom stereocenters. The number of thioether (sulfide) groups is 2. The van der Waals surface area contributed by atoms with Crippen LogP contribution in [0.1, 0.15) is 39.0 Å². The minimum absolute atomic E-state index is 0.787. The first-order chi connectivity index (χ1) is 7.60. The van der Waals surface area contributed by atoms with Crippen molar-refractivity contribution in [3.63, 3.8) is 0 Å². The molecular formula is C13H24S2Si. The van der Waals surface area contributed by atoms with Gasteiger partial charge in [0.1, 0.15) is 0 Å². The average molecular weight is 273 g/mol. The minimum atomic E-state index is -1.13. The normalized spacial score (nSPS) is 28.9. The zero-order valence-corrected chi connectivity index (χ0v) is 13.4. The summed E-state index contributed by atoms with van der Waals surface area (Å²) in [5.41, 5.74) is 1.07. The second-order valence-electron chi connectivity index (χ2n) is 5.64. The van der Waals surface area contributed by atoms with Crippen molar-refractivity contribution in [1.82, 2.24) is 0 Å². The molecule has 92 valence electrons. The first kappa shape index (κ1) is 13.1. The Balaban J connectivity index is 2.07. The van der Waals surface area contributed by atoms with Crippen LogP contribution in [0.3, 0.4) is 0 Å². The van der Waals surface area contributed by atoms with E-state index in [9.17, 15) is 0 Å². The monoisotopic (exact) mass is 272 g/mol. The van der Waals surface area contributed by atoms with Gasteiger partial charge in [0.2, 0.25) is 0 Å². The van der Waals surface area contributed by atoms with E-state index in [4.69, 9.17) is 0 Å². The van der Waals surface area contributed by atoms with Gasteiger partial charge in [0.15, 0.2) is 0 Å². The molecule has 0 aromatic carbocycles. The summed E-state index contributed by atoms with van der Waals surface area (Å²) >= 11 is 4.27. The molecule has 1 atom stereocenters. The summed E-state index contributed by atoms with van der Waals surface area (Å²) in [5.74, 6) is 1.26. The van der Waals surface area contributed by atoms with E-state index in [1.807, 2.05) is 4.53 Å². The summed E-state index contributed by atoms with van der Waals surface area (Å²) in [6.07, 6.45) is 10.0. The Morgan fingerprint density at radius 3 is 2.50 bits per heavy atom. The van der Waals surface area contributed by atoms with Crippen molar-refractivity contribution in [3.05, 3.63) is 10.6 Å². The standard InChI is InChI=1S/C13H24S2Si/c1-11-14-10-9-13(15-11)16(2,3)12-7-5-4-6-8-12/h9,11-12H,4-8,10H2,1-3H3. The third kappa shape index (κ3) is 2.91. The number of hydrogen-bond acceptors (Lipinski definition) is 2. The van der Waals surface area contributed by atoms with Crippen LogP contribution < -0.4 is 0 Å². The molecule has 2 rings (SSSR count). The molecule has 0 nitrogen and oxygen atoms in total. The number of rotatable bonds is 2. The van der Waals surface area contributed by atoms with Gasteiger partial charge in [-0.3, -0.25) is 0 Å². The maximum Gasteiger partial charge on any atom is 0.0915 e. The molecule has 1 heterocycles. The molecule has 2 aliphatic rings. The zero-order chi connectivity index (χ0) is 11.6. The van der Waals surface area contributed by atoms with Crippen molar-refractivity contribution in [1.29, 1.82) is 0 Å². The van der Waals surface area contributed by atoms with E-state index in [1.54, 1.807) is 0 Å². The highest BCUT2D eigenvalue weighted by Gasteiger charge is 2.37. The Bertz CT molecular complexity index is 267. The minimum Gasteiger partial charge on any atom is -0.143 e. The quantitative estimate of drug-likeness (QED) is 0.627. The van der Waals surface area contributed by atoms with Crippen molar-refractivity contribution in [3.8, 4) is 0 Å². The van der Waals surface area contributed by atoms with Crippen LogP contribution in [0.2, 0.25) is 18.6 Å². The lowest BCUT2D eigenvalue weighted by Crippen LogP contribution is -2.36. The molecule has 1 fully saturated rings. The van der Waals surface area contributed by atoms with Crippen molar-refractivity contribution in [2.24, 2.45) is 0 Å². The van der Waals surface area contributed by atoms with Gasteiger partial charge in [0.25, 0.3) is 0 Å². The highest BCUT2D eigenvalue weighted by molar-refractivity contribution is 8.20. The van der Waals surface area contributed by atoms with Gasteiger partial charge in [-0.1, -0.05) is 51.3 Å². The van der Waals surface area contributed by atoms with E-state index >= 15 is 0 Å². The molecule has 0 bridgehead atoms. The molecule has 0 N–H and O–H groups in total. The summed E-state index contributed by atoms with van der Waals surface area (Å²) in [6.45, 7) is 7.60. The maximum absolute atomic E-state index is 2.62. The van der Waals surface area contributed by atoms with Crippen molar-refractivity contribution in [2.45, 2.75) is 62.2 Å². The van der Waals surface area contributed by atoms with Gasteiger partial charge in [-0.25, -0.2) is 0 Å². The van der Waals surface area contributed by atoms with Crippen molar-refractivity contribution < 1.29 is 0 Å². The Morgan fingerprint density at radius 2 is 1.88 bits per heavy atom. The Morgan fingerprint density at radius 1 is 1.19 bits per heavy atom. The van der Waals surface area contributed by atoms with Crippen LogP contribution in [0.25, 0.3) is 0 Å². The van der Waals surface area contributed by atoms with Gasteiger partial charge in [-0.2, -0.15) is 0 Å². The summed E-state index contributed by atoms with van der Waals surface area (Å²) in [6, 6.07) is 0. The first-order valence-electron chi connectivity index (χ1n) is 6.59. The van der Waals surface area contributed by atoms with Gasteiger partial charge in [-0.05, 0) is 17.0 Å². The van der Waals surface area contributed by atoms with Crippen LogP contribution in [0.5, 0.6) is 0 Å². The van der Waals surface area contributed by atoms with Crippen molar-refractivity contribution in [2.75, 3.05) is 5.75 Å². The molecule has 0 saturated heterocycles. The lowest BCUT2D eigenvalue weighted by molar-refractivity contribution is 0.494. The van der Waals surface area contributed by atoms with E-state index < -0.39 is 8.07 Å².